The molecule has 104 valence electrons. The molecule has 0 unspecified atom stereocenters. The Morgan fingerprint density at radius 3 is 2.62 bits per heavy atom. The molecule has 0 aliphatic heterocycles. The molecule has 0 saturated carbocycles. The van der Waals surface area contributed by atoms with Crippen molar-refractivity contribution in [1.82, 2.24) is 0 Å². The van der Waals surface area contributed by atoms with Crippen molar-refractivity contribution >= 4 is 15.7 Å². The van der Waals surface area contributed by atoms with Gasteiger partial charge in [-0.05, 0) is 29.8 Å². The first-order chi connectivity index (χ1) is 10.0. The van der Waals surface area contributed by atoms with Crippen molar-refractivity contribution in [3.63, 3.8) is 0 Å². The van der Waals surface area contributed by atoms with Gasteiger partial charge < -0.3 is 0 Å². The molecule has 2 aromatic carbocycles. The topological polar surface area (TPSA) is 70.0 Å². The lowest BCUT2D eigenvalue weighted by Gasteiger charge is -2.09. The zero-order chi connectivity index (χ0) is 15.3. The van der Waals surface area contributed by atoms with Crippen LogP contribution in [-0.4, -0.2) is 8.42 Å². The van der Waals surface area contributed by atoms with Crippen LogP contribution in [0.1, 0.15) is 16.7 Å². The van der Waals surface area contributed by atoms with E-state index >= 15 is 0 Å². The van der Waals surface area contributed by atoms with Crippen LogP contribution in [0.2, 0.25) is 0 Å². The third-order valence-corrected chi connectivity index (χ3v) is 4.02. The van der Waals surface area contributed by atoms with Crippen LogP contribution in [0, 0.1) is 23.7 Å². The summed E-state index contributed by atoms with van der Waals surface area (Å²) in [5.74, 6) is 2.18. The molecule has 0 aliphatic carbocycles. The number of nitrogens with zero attached hydrogens (tertiary/aromatic N) is 1. The summed E-state index contributed by atoms with van der Waals surface area (Å²) in [4.78, 5) is 0. The van der Waals surface area contributed by atoms with Crippen molar-refractivity contribution in [3.8, 4) is 18.4 Å². The quantitative estimate of drug-likeness (QED) is 0.881. The zero-order valence-electron chi connectivity index (χ0n) is 11.1. The Hall–Kier alpha value is -2.76. The fraction of sp³-hybridized carbons (Fsp3) is 0.0625. The molecule has 21 heavy (non-hydrogen) atoms. The number of hydrogen-bond donors (Lipinski definition) is 1. The summed E-state index contributed by atoms with van der Waals surface area (Å²) in [6, 6.07) is 15.2. The molecule has 0 spiro atoms. The summed E-state index contributed by atoms with van der Waals surface area (Å²) < 4.78 is 26.8. The number of hydrogen-bond acceptors (Lipinski definition) is 3. The second kappa shape index (κ2) is 6.13. The predicted molar refractivity (Wildman–Crippen MR) is 81.8 cm³/mol. The highest BCUT2D eigenvalue weighted by atomic mass is 32.2. The maximum Gasteiger partial charge on any atom is 0.236 e. The monoisotopic (exact) mass is 296 g/mol. The summed E-state index contributed by atoms with van der Waals surface area (Å²) >= 11 is 0. The van der Waals surface area contributed by atoms with Gasteiger partial charge in [-0.1, -0.05) is 30.2 Å². The first-order valence-electron chi connectivity index (χ1n) is 6.09. The van der Waals surface area contributed by atoms with Crippen molar-refractivity contribution in [3.05, 3.63) is 65.2 Å². The molecular formula is C16H12N2O2S. The minimum absolute atomic E-state index is 0.267. The van der Waals surface area contributed by atoms with E-state index in [2.05, 4.69) is 10.6 Å². The second-order valence-corrected chi connectivity index (χ2v) is 6.08. The fourth-order valence-electron chi connectivity index (χ4n) is 1.85. The minimum Gasteiger partial charge on any atom is -0.283 e. The largest absolute Gasteiger partial charge is 0.283 e. The SMILES string of the molecule is C#Cc1cccc(NS(=O)(=O)Cc2ccccc2C#N)c1. The number of nitrogens with one attached hydrogen (secondary N) is 1. The van der Waals surface area contributed by atoms with Gasteiger partial charge in [-0.15, -0.1) is 6.42 Å². The summed E-state index contributed by atoms with van der Waals surface area (Å²) in [6.45, 7) is 0. The Kier molecular flexibility index (Phi) is 4.27. The number of anilines is 1. The Labute approximate surface area is 124 Å². The normalized spacial score (nSPS) is 10.4. The van der Waals surface area contributed by atoms with Gasteiger partial charge in [0.2, 0.25) is 10.0 Å². The second-order valence-electron chi connectivity index (χ2n) is 4.36. The van der Waals surface area contributed by atoms with Gasteiger partial charge >= 0.3 is 0 Å². The predicted octanol–water partition coefficient (Wildman–Crippen LogP) is 2.48. The maximum absolute atomic E-state index is 12.2. The lowest BCUT2D eigenvalue weighted by molar-refractivity contribution is 0.600. The Morgan fingerprint density at radius 2 is 1.90 bits per heavy atom. The van der Waals surface area contributed by atoms with Gasteiger partial charge in [0.05, 0.1) is 17.4 Å². The van der Waals surface area contributed by atoms with Crippen molar-refractivity contribution in [2.75, 3.05) is 4.72 Å². The van der Waals surface area contributed by atoms with Crippen LogP contribution in [-0.2, 0) is 15.8 Å². The molecular weight excluding hydrogens is 284 g/mol. The van der Waals surface area contributed by atoms with Crippen molar-refractivity contribution in [1.29, 1.82) is 5.26 Å². The van der Waals surface area contributed by atoms with Gasteiger partial charge in [0.15, 0.2) is 0 Å². The Morgan fingerprint density at radius 1 is 1.14 bits per heavy atom. The number of terminal acetylenes is 1. The summed E-state index contributed by atoms with van der Waals surface area (Å²) in [5, 5.41) is 8.99. The van der Waals surface area contributed by atoms with E-state index in [0.717, 1.165) is 0 Å². The van der Waals surface area contributed by atoms with Gasteiger partial charge in [-0.2, -0.15) is 5.26 Å². The standard InChI is InChI=1S/C16H12N2O2S/c1-2-13-6-5-9-16(10-13)18-21(19,20)12-15-8-4-3-7-14(15)11-17/h1,3-10,18H,12H2. The van der Waals surface area contributed by atoms with E-state index < -0.39 is 10.0 Å². The van der Waals surface area contributed by atoms with E-state index in [1.807, 2.05) is 6.07 Å². The lowest BCUT2D eigenvalue weighted by atomic mass is 10.1. The first kappa shape index (κ1) is 14.6. The van der Waals surface area contributed by atoms with Gasteiger partial charge in [-0.3, -0.25) is 4.72 Å². The average molecular weight is 296 g/mol. The van der Waals surface area contributed by atoms with Crippen LogP contribution >= 0.6 is 0 Å². The molecule has 0 amide bonds. The number of rotatable bonds is 4. The molecule has 2 rings (SSSR count). The van der Waals surface area contributed by atoms with E-state index in [1.165, 1.54) is 0 Å². The van der Waals surface area contributed by atoms with E-state index in [1.54, 1.807) is 48.5 Å². The molecule has 2 aromatic rings. The third-order valence-electron chi connectivity index (χ3n) is 2.79. The highest BCUT2D eigenvalue weighted by Gasteiger charge is 2.14. The third kappa shape index (κ3) is 3.85. The van der Waals surface area contributed by atoms with E-state index in [9.17, 15) is 8.42 Å². The summed E-state index contributed by atoms with van der Waals surface area (Å²) in [7, 11) is -3.61. The van der Waals surface area contributed by atoms with Crippen LogP contribution in [0.4, 0.5) is 5.69 Å². The van der Waals surface area contributed by atoms with Crippen LogP contribution in [0.5, 0.6) is 0 Å². The first-order valence-corrected chi connectivity index (χ1v) is 7.74. The van der Waals surface area contributed by atoms with Crippen LogP contribution in [0.3, 0.4) is 0 Å². The van der Waals surface area contributed by atoms with Crippen molar-refractivity contribution in [2.24, 2.45) is 0 Å². The maximum atomic E-state index is 12.2. The molecule has 0 saturated heterocycles. The van der Waals surface area contributed by atoms with Crippen LogP contribution < -0.4 is 4.72 Å². The molecule has 0 atom stereocenters. The molecule has 0 bridgehead atoms. The van der Waals surface area contributed by atoms with Crippen molar-refractivity contribution in [2.45, 2.75) is 5.75 Å². The number of nitriles is 1. The lowest BCUT2D eigenvalue weighted by Crippen LogP contribution is -2.15. The number of benzene rings is 2. The van der Waals surface area contributed by atoms with Crippen molar-refractivity contribution < 1.29 is 8.42 Å². The summed E-state index contributed by atoms with van der Waals surface area (Å²) in [6.07, 6.45) is 5.28. The molecule has 1 N–H and O–H groups in total. The zero-order valence-corrected chi connectivity index (χ0v) is 11.9. The fourth-order valence-corrected chi connectivity index (χ4v) is 3.07. The van der Waals surface area contributed by atoms with Gasteiger partial charge in [0.1, 0.15) is 0 Å². The minimum atomic E-state index is -3.61. The highest BCUT2D eigenvalue weighted by Crippen LogP contribution is 2.16. The van der Waals surface area contributed by atoms with E-state index in [4.69, 9.17) is 11.7 Å². The molecule has 5 heteroatoms. The van der Waals surface area contributed by atoms with Crippen LogP contribution in [0.15, 0.2) is 48.5 Å². The molecule has 0 heterocycles. The Bertz CT molecular complexity index is 843. The summed E-state index contributed by atoms with van der Waals surface area (Å²) in [5.41, 5.74) is 1.80. The van der Waals surface area contributed by atoms with Gasteiger partial charge in [0, 0.05) is 11.3 Å². The van der Waals surface area contributed by atoms with Gasteiger partial charge in [0.25, 0.3) is 0 Å². The van der Waals surface area contributed by atoms with Gasteiger partial charge in [-0.25, -0.2) is 8.42 Å². The molecule has 0 aromatic heterocycles. The molecule has 0 radical (unpaired) electrons. The average Bonchev–Trinajstić information content (AvgIpc) is 2.47. The number of sulfonamides is 1. The van der Waals surface area contributed by atoms with E-state index in [-0.39, 0.29) is 5.75 Å². The molecule has 0 fully saturated rings. The molecule has 4 nitrogen and oxygen atoms in total. The Balaban J connectivity index is 2.23. The van der Waals surface area contributed by atoms with Crippen LogP contribution in [0.25, 0.3) is 0 Å². The highest BCUT2D eigenvalue weighted by molar-refractivity contribution is 7.91. The van der Waals surface area contributed by atoms with E-state index in [0.29, 0.717) is 22.4 Å². The molecule has 0 aliphatic rings. The smallest absolute Gasteiger partial charge is 0.236 e.